The van der Waals surface area contributed by atoms with Crippen molar-refractivity contribution in [2.45, 2.75) is 39.0 Å². The van der Waals surface area contributed by atoms with Crippen LogP contribution < -0.4 is 9.64 Å². The van der Waals surface area contributed by atoms with E-state index < -0.39 is 0 Å². The van der Waals surface area contributed by atoms with Crippen molar-refractivity contribution < 1.29 is 4.74 Å². The average molecular weight is 284 g/mol. The summed E-state index contributed by atoms with van der Waals surface area (Å²) in [6.07, 6.45) is 2.25. The fourth-order valence-electron chi connectivity index (χ4n) is 2.50. The Morgan fingerprint density at radius 1 is 1.42 bits per heavy atom. The van der Waals surface area contributed by atoms with Crippen LogP contribution in [0.2, 0.25) is 0 Å². The molecule has 1 saturated heterocycles. The minimum atomic E-state index is 0.258. The summed E-state index contributed by atoms with van der Waals surface area (Å²) in [4.78, 5) is 11.1. The molecule has 0 amide bonds. The zero-order valence-electron chi connectivity index (χ0n) is 11.9. The van der Waals surface area contributed by atoms with E-state index in [2.05, 4.69) is 21.8 Å². The van der Waals surface area contributed by atoms with Gasteiger partial charge in [0.2, 0.25) is 5.88 Å². The molecule has 19 heavy (non-hydrogen) atoms. The van der Waals surface area contributed by atoms with Gasteiger partial charge in [0.05, 0.1) is 6.61 Å². The number of hydrogen-bond acceptors (Lipinski definition) is 4. The fourth-order valence-corrected chi connectivity index (χ4v) is 2.75. The summed E-state index contributed by atoms with van der Waals surface area (Å²) < 4.78 is 5.48. The van der Waals surface area contributed by atoms with Crippen LogP contribution in [0.25, 0.3) is 0 Å². The number of alkyl halides is 1. The van der Waals surface area contributed by atoms with Gasteiger partial charge in [0.15, 0.2) is 0 Å². The van der Waals surface area contributed by atoms with Crippen molar-refractivity contribution in [3.8, 4) is 5.88 Å². The van der Waals surface area contributed by atoms with Crippen LogP contribution in [-0.2, 0) is 0 Å². The Kier molecular flexibility index (Phi) is 4.86. The Morgan fingerprint density at radius 3 is 2.68 bits per heavy atom. The smallest absolute Gasteiger partial charge is 0.218 e. The first kappa shape index (κ1) is 14.4. The molecule has 0 N–H and O–H groups in total. The molecule has 1 atom stereocenters. The Morgan fingerprint density at radius 2 is 2.11 bits per heavy atom. The van der Waals surface area contributed by atoms with E-state index in [4.69, 9.17) is 16.3 Å². The van der Waals surface area contributed by atoms with Crippen LogP contribution in [0.4, 0.5) is 5.82 Å². The summed E-state index contributed by atoms with van der Waals surface area (Å²) in [5.41, 5.74) is 0. The highest BCUT2D eigenvalue weighted by Crippen LogP contribution is 2.27. The fraction of sp³-hybridized carbons (Fsp3) is 0.714. The lowest BCUT2D eigenvalue weighted by Gasteiger charge is -2.34. The number of piperidine rings is 1. The molecule has 1 aromatic rings. The molecule has 0 bridgehead atoms. The number of nitrogens with zero attached hydrogens (tertiary/aromatic N) is 3. The summed E-state index contributed by atoms with van der Waals surface area (Å²) >= 11 is 6.18. The van der Waals surface area contributed by atoms with Gasteiger partial charge in [-0.25, -0.2) is 4.98 Å². The molecule has 5 heteroatoms. The van der Waals surface area contributed by atoms with Gasteiger partial charge in [-0.15, -0.1) is 11.6 Å². The first-order chi connectivity index (χ1) is 9.10. The predicted molar refractivity (Wildman–Crippen MR) is 78.2 cm³/mol. The summed E-state index contributed by atoms with van der Waals surface area (Å²) in [6, 6.07) is 1.93. The largest absolute Gasteiger partial charge is 0.478 e. The van der Waals surface area contributed by atoms with E-state index in [9.17, 15) is 0 Å². The first-order valence-corrected chi connectivity index (χ1v) is 7.41. The summed E-state index contributed by atoms with van der Waals surface area (Å²) in [7, 11) is 0. The molecule has 0 radical (unpaired) electrons. The van der Waals surface area contributed by atoms with Crippen molar-refractivity contribution in [2.24, 2.45) is 5.92 Å². The molecule has 0 aromatic carbocycles. The third-order valence-electron chi connectivity index (χ3n) is 3.61. The molecule has 0 saturated carbocycles. The van der Waals surface area contributed by atoms with Crippen LogP contribution >= 0.6 is 11.6 Å². The van der Waals surface area contributed by atoms with E-state index in [-0.39, 0.29) is 5.38 Å². The third kappa shape index (κ3) is 3.72. The van der Waals surface area contributed by atoms with Gasteiger partial charge < -0.3 is 9.64 Å². The Bertz CT molecular complexity index is 417. The zero-order valence-corrected chi connectivity index (χ0v) is 12.7. The van der Waals surface area contributed by atoms with Crippen molar-refractivity contribution in [3.05, 3.63) is 11.9 Å². The number of anilines is 1. The van der Waals surface area contributed by atoms with Crippen LogP contribution in [0.5, 0.6) is 5.88 Å². The Hall–Kier alpha value is -1.03. The highest BCUT2D eigenvalue weighted by Gasteiger charge is 2.23. The molecule has 2 rings (SSSR count). The van der Waals surface area contributed by atoms with Gasteiger partial charge in [-0.05, 0) is 39.5 Å². The molecule has 0 spiro atoms. The first-order valence-electron chi connectivity index (χ1n) is 6.97. The highest BCUT2D eigenvalue weighted by molar-refractivity contribution is 6.20. The van der Waals surface area contributed by atoms with Gasteiger partial charge in [0, 0.05) is 24.5 Å². The molecule has 1 fully saturated rings. The standard InChI is InChI=1S/C14H22ClN3O/c1-4-19-14-9-13(16-11(3)17-14)18-7-5-12(6-8-18)10(2)15/h9-10,12H,4-8H2,1-3H3. The van der Waals surface area contributed by atoms with E-state index >= 15 is 0 Å². The van der Waals surface area contributed by atoms with Gasteiger partial charge >= 0.3 is 0 Å². The topological polar surface area (TPSA) is 38.2 Å². The molecule has 1 aliphatic heterocycles. The summed E-state index contributed by atoms with van der Waals surface area (Å²) in [5.74, 6) is 3.01. The van der Waals surface area contributed by atoms with Gasteiger partial charge in [-0.2, -0.15) is 4.98 Å². The van der Waals surface area contributed by atoms with E-state index in [1.807, 2.05) is 19.9 Å². The van der Waals surface area contributed by atoms with Gasteiger partial charge in [-0.1, -0.05) is 0 Å². The minimum Gasteiger partial charge on any atom is -0.478 e. The molecule has 1 aromatic heterocycles. The number of aromatic nitrogens is 2. The van der Waals surface area contributed by atoms with Crippen molar-refractivity contribution >= 4 is 17.4 Å². The SMILES string of the molecule is CCOc1cc(N2CCC(C(C)Cl)CC2)nc(C)n1. The number of ether oxygens (including phenoxy) is 1. The molecule has 0 aliphatic carbocycles. The number of aryl methyl sites for hydroxylation is 1. The monoisotopic (exact) mass is 283 g/mol. The van der Waals surface area contributed by atoms with Gasteiger partial charge in [0.25, 0.3) is 0 Å². The van der Waals surface area contributed by atoms with Crippen LogP contribution in [-0.4, -0.2) is 35.0 Å². The second-order valence-electron chi connectivity index (χ2n) is 5.05. The predicted octanol–water partition coefficient (Wildman–Crippen LogP) is 3.03. The van der Waals surface area contributed by atoms with Crippen LogP contribution in [0.15, 0.2) is 6.07 Å². The number of hydrogen-bond donors (Lipinski definition) is 0. The molecule has 4 nitrogen and oxygen atoms in total. The molecule has 1 aliphatic rings. The van der Waals surface area contributed by atoms with Crippen LogP contribution in [0.3, 0.4) is 0 Å². The van der Waals surface area contributed by atoms with E-state index in [0.717, 1.165) is 37.6 Å². The maximum absolute atomic E-state index is 6.18. The van der Waals surface area contributed by atoms with Gasteiger partial charge in [-0.3, -0.25) is 0 Å². The van der Waals surface area contributed by atoms with Gasteiger partial charge in [0.1, 0.15) is 11.6 Å². The maximum Gasteiger partial charge on any atom is 0.218 e. The molecular weight excluding hydrogens is 262 g/mol. The average Bonchev–Trinajstić information content (AvgIpc) is 2.38. The lowest BCUT2D eigenvalue weighted by Crippen LogP contribution is -2.36. The molecule has 1 unspecified atom stereocenters. The van der Waals surface area contributed by atoms with Crippen LogP contribution in [0, 0.1) is 12.8 Å². The van der Waals surface area contributed by atoms with E-state index in [1.165, 1.54) is 0 Å². The number of rotatable bonds is 4. The molecular formula is C14H22ClN3O. The Balaban J connectivity index is 2.06. The molecule has 2 heterocycles. The minimum absolute atomic E-state index is 0.258. The number of halogens is 1. The lowest BCUT2D eigenvalue weighted by atomic mass is 9.94. The van der Waals surface area contributed by atoms with E-state index in [0.29, 0.717) is 18.4 Å². The van der Waals surface area contributed by atoms with Crippen LogP contribution in [0.1, 0.15) is 32.5 Å². The summed E-state index contributed by atoms with van der Waals surface area (Å²) in [5, 5.41) is 0.258. The molecule has 106 valence electrons. The summed E-state index contributed by atoms with van der Waals surface area (Å²) in [6.45, 7) is 8.59. The van der Waals surface area contributed by atoms with Crippen molar-refractivity contribution in [2.75, 3.05) is 24.6 Å². The quantitative estimate of drug-likeness (QED) is 0.796. The second kappa shape index (κ2) is 6.42. The zero-order chi connectivity index (χ0) is 13.8. The maximum atomic E-state index is 6.18. The van der Waals surface area contributed by atoms with Crippen molar-refractivity contribution in [1.82, 2.24) is 9.97 Å². The third-order valence-corrected chi connectivity index (χ3v) is 3.96. The van der Waals surface area contributed by atoms with Crippen molar-refractivity contribution in [1.29, 1.82) is 0 Å². The normalized spacial score (nSPS) is 18.4. The Labute approximate surface area is 120 Å². The van der Waals surface area contributed by atoms with E-state index in [1.54, 1.807) is 0 Å². The lowest BCUT2D eigenvalue weighted by molar-refractivity contribution is 0.325. The highest BCUT2D eigenvalue weighted by atomic mass is 35.5. The van der Waals surface area contributed by atoms with Crippen molar-refractivity contribution in [3.63, 3.8) is 0 Å². The second-order valence-corrected chi connectivity index (χ2v) is 5.74.